The average Bonchev–Trinajstić information content (AvgIpc) is 3.11. The van der Waals surface area contributed by atoms with E-state index in [-0.39, 0.29) is 10.8 Å². The number of nitrogens with zero attached hydrogens (tertiary/aromatic N) is 4. The Hall–Kier alpha value is -2.00. The summed E-state index contributed by atoms with van der Waals surface area (Å²) in [5.41, 5.74) is 0.877. The van der Waals surface area contributed by atoms with E-state index in [1.807, 2.05) is 7.05 Å². The molecule has 3 rings (SSSR count). The quantitative estimate of drug-likeness (QED) is 0.840. The Morgan fingerprint density at radius 3 is 2.96 bits per heavy atom. The van der Waals surface area contributed by atoms with Crippen molar-refractivity contribution in [1.29, 1.82) is 0 Å². The number of hydrogen-bond donors (Lipinski definition) is 2. The minimum atomic E-state index is -3.47. The zero-order valence-corrected chi connectivity index (χ0v) is 13.8. The SMILES string of the molecule is CNc1nccnc1CC1CCCN(S(=O)(=O)c2cn[nH]c2)C1. The van der Waals surface area contributed by atoms with E-state index in [1.165, 1.54) is 12.4 Å². The van der Waals surface area contributed by atoms with Crippen molar-refractivity contribution in [2.24, 2.45) is 5.92 Å². The molecule has 1 saturated heterocycles. The fourth-order valence-corrected chi connectivity index (χ4v) is 4.40. The molecular weight excluding hydrogens is 316 g/mol. The summed E-state index contributed by atoms with van der Waals surface area (Å²) >= 11 is 0. The van der Waals surface area contributed by atoms with Crippen LogP contribution < -0.4 is 5.32 Å². The second-order valence-corrected chi connectivity index (χ2v) is 7.55. The molecule has 1 unspecified atom stereocenters. The molecule has 0 aromatic carbocycles. The Balaban J connectivity index is 1.74. The van der Waals surface area contributed by atoms with E-state index in [1.54, 1.807) is 16.7 Å². The van der Waals surface area contributed by atoms with Crippen LogP contribution in [0.25, 0.3) is 0 Å². The van der Waals surface area contributed by atoms with Crippen LogP contribution in [0.15, 0.2) is 29.7 Å². The summed E-state index contributed by atoms with van der Waals surface area (Å²) in [5, 5.41) is 9.33. The minimum absolute atomic E-state index is 0.216. The van der Waals surface area contributed by atoms with Gasteiger partial charge in [0, 0.05) is 38.7 Å². The topological polar surface area (TPSA) is 104 Å². The first-order valence-electron chi connectivity index (χ1n) is 7.58. The van der Waals surface area contributed by atoms with Crippen LogP contribution in [0.5, 0.6) is 0 Å². The molecule has 124 valence electrons. The van der Waals surface area contributed by atoms with E-state index in [2.05, 4.69) is 25.5 Å². The molecule has 1 atom stereocenters. The van der Waals surface area contributed by atoms with Crippen molar-refractivity contribution in [1.82, 2.24) is 24.5 Å². The third-order valence-electron chi connectivity index (χ3n) is 4.09. The molecule has 0 spiro atoms. The molecule has 0 bridgehead atoms. The van der Waals surface area contributed by atoms with E-state index >= 15 is 0 Å². The summed E-state index contributed by atoms with van der Waals surface area (Å²) in [6, 6.07) is 0. The van der Waals surface area contributed by atoms with Gasteiger partial charge in [-0.25, -0.2) is 13.4 Å². The highest BCUT2D eigenvalue weighted by Gasteiger charge is 2.31. The van der Waals surface area contributed by atoms with E-state index in [0.29, 0.717) is 19.5 Å². The van der Waals surface area contributed by atoms with Gasteiger partial charge in [0.15, 0.2) is 0 Å². The van der Waals surface area contributed by atoms with Crippen LogP contribution >= 0.6 is 0 Å². The molecule has 0 radical (unpaired) electrons. The summed E-state index contributed by atoms with van der Waals surface area (Å²) in [7, 11) is -1.66. The lowest BCUT2D eigenvalue weighted by Gasteiger charge is -2.31. The molecule has 1 aliphatic heterocycles. The first-order valence-corrected chi connectivity index (χ1v) is 9.02. The summed E-state index contributed by atoms with van der Waals surface area (Å²) in [6.07, 6.45) is 8.61. The highest BCUT2D eigenvalue weighted by Crippen LogP contribution is 2.26. The molecule has 3 heterocycles. The van der Waals surface area contributed by atoms with Crippen LogP contribution in [0.3, 0.4) is 0 Å². The molecule has 2 aromatic rings. The number of nitrogens with one attached hydrogen (secondary N) is 2. The third kappa shape index (κ3) is 3.35. The molecule has 2 aromatic heterocycles. The second-order valence-electron chi connectivity index (χ2n) is 5.61. The highest BCUT2D eigenvalue weighted by atomic mass is 32.2. The lowest BCUT2D eigenvalue weighted by Crippen LogP contribution is -2.40. The van der Waals surface area contributed by atoms with Gasteiger partial charge in [-0.1, -0.05) is 0 Å². The number of hydrogen-bond acceptors (Lipinski definition) is 6. The molecule has 0 saturated carbocycles. The molecule has 1 fully saturated rings. The van der Waals surface area contributed by atoms with Crippen LogP contribution in [0.2, 0.25) is 0 Å². The van der Waals surface area contributed by atoms with Crippen molar-refractivity contribution in [3.8, 4) is 0 Å². The monoisotopic (exact) mass is 336 g/mol. The van der Waals surface area contributed by atoms with Gasteiger partial charge in [0.2, 0.25) is 10.0 Å². The maximum atomic E-state index is 12.6. The summed E-state index contributed by atoms with van der Waals surface area (Å²) in [6.45, 7) is 1.04. The van der Waals surface area contributed by atoms with Gasteiger partial charge in [0.1, 0.15) is 10.7 Å². The van der Waals surface area contributed by atoms with Crippen LogP contribution in [-0.2, 0) is 16.4 Å². The predicted molar refractivity (Wildman–Crippen MR) is 85.4 cm³/mol. The Kier molecular flexibility index (Phi) is 4.58. The van der Waals surface area contributed by atoms with Gasteiger partial charge in [0.05, 0.1) is 11.9 Å². The van der Waals surface area contributed by atoms with Gasteiger partial charge in [-0.2, -0.15) is 9.40 Å². The summed E-state index contributed by atoms with van der Waals surface area (Å²) in [5.74, 6) is 0.983. The Morgan fingerprint density at radius 1 is 1.39 bits per heavy atom. The maximum Gasteiger partial charge on any atom is 0.246 e. The van der Waals surface area contributed by atoms with Gasteiger partial charge < -0.3 is 5.32 Å². The van der Waals surface area contributed by atoms with Crippen molar-refractivity contribution in [3.63, 3.8) is 0 Å². The van der Waals surface area contributed by atoms with E-state index in [9.17, 15) is 8.42 Å². The van der Waals surface area contributed by atoms with Gasteiger partial charge in [-0.15, -0.1) is 0 Å². The number of H-pyrrole nitrogens is 1. The summed E-state index contributed by atoms with van der Waals surface area (Å²) < 4.78 is 26.7. The van der Waals surface area contributed by atoms with Crippen molar-refractivity contribution in [3.05, 3.63) is 30.5 Å². The van der Waals surface area contributed by atoms with E-state index in [4.69, 9.17) is 0 Å². The summed E-state index contributed by atoms with van der Waals surface area (Å²) in [4.78, 5) is 8.84. The van der Waals surface area contributed by atoms with Crippen molar-refractivity contribution < 1.29 is 8.42 Å². The Morgan fingerprint density at radius 2 is 2.22 bits per heavy atom. The standard InChI is InChI=1S/C14H20N6O2S/c1-15-14-13(16-4-5-17-14)7-11-3-2-6-20(10-11)23(21,22)12-8-18-19-9-12/h4-5,8-9,11H,2-3,6-7,10H2,1H3,(H,15,17)(H,18,19). The van der Waals surface area contributed by atoms with Crippen LogP contribution in [0.4, 0.5) is 5.82 Å². The molecule has 2 N–H and O–H groups in total. The van der Waals surface area contributed by atoms with Crippen molar-refractivity contribution in [2.45, 2.75) is 24.2 Å². The number of anilines is 1. The lowest BCUT2D eigenvalue weighted by atomic mass is 9.94. The molecule has 8 nitrogen and oxygen atoms in total. The average molecular weight is 336 g/mol. The number of aromatic amines is 1. The molecule has 0 amide bonds. The molecule has 0 aliphatic carbocycles. The Bertz CT molecular complexity index is 746. The number of rotatable bonds is 5. The smallest absolute Gasteiger partial charge is 0.246 e. The lowest BCUT2D eigenvalue weighted by molar-refractivity contribution is 0.264. The van der Waals surface area contributed by atoms with E-state index < -0.39 is 10.0 Å². The van der Waals surface area contributed by atoms with Crippen molar-refractivity contribution in [2.75, 3.05) is 25.5 Å². The van der Waals surface area contributed by atoms with Crippen molar-refractivity contribution >= 4 is 15.8 Å². The second kappa shape index (κ2) is 6.63. The highest BCUT2D eigenvalue weighted by molar-refractivity contribution is 7.89. The third-order valence-corrected chi connectivity index (χ3v) is 5.92. The molecule has 23 heavy (non-hydrogen) atoms. The Labute approximate surface area is 135 Å². The number of piperidine rings is 1. The van der Waals surface area contributed by atoms with Gasteiger partial charge in [0.25, 0.3) is 0 Å². The number of sulfonamides is 1. The fourth-order valence-electron chi connectivity index (χ4n) is 2.94. The van der Waals surface area contributed by atoms with Crippen LogP contribution in [0.1, 0.15) is 18.5 Å². The molecule has 9 heteroatoms. The molecular formula is C14H20N6O2S. The van der Waals surface area contributed by atoms with Gasteiger partial charge in [-0.05, 0) is 25.2 Å². The zero-order valence-electron chi connectivity index (χ0n) is 12.9. The normalized spacial score (nSPS) is 19.6. The first kappa shape index (κ1) is 15.9. The largest absolute Gasteiger partial charge is 0.372 e. The van der Waals surface area contributed by atoms with Crippen LogP contribution in [0, 0.1) is 5.92 Å². The number of aromatic nitrogens is 4. The predicted octanol–water partition coefficient (Wildman–Crippen LogP) is 0.885. The van der Waals surface area contributed by atoms with Gasteiger partial charge in [-0.3, -0.25) is 10.1 Å². The van der Waals surface area contributed by atoms with Gasteiger partial charge >= 0.3 is 0 Å². The molecule has 1 aliphatic rings. The fraction of sp³-hybridized carbons (Fsp3) is 0.500. The minimum Gasteiger partial charge on any atom is -0.372 e. The maximum absolute atomic E-state index is 12.6. The first-order chi connectivity index (χ1) is 11.1. The van der Waals surface area contributed by atoms with Crippen LogP contribution in [-0.4, -0.2) is 53.0 Å². The zero-order chi connectivity index (χ0) is 16.3. The van der Waals surface area contributed by atoms with E-state index in [0.717, 1.165) is 24.4 Å².